The number of likely N-dealkylation sites (tertiary alicyclic amines) is 1. The lowest BCUT2D eigenvalue weighted by atomic mass is 9.86. The number of aliphatic hydroxyl groups is 1. The van der Waals surface area contributed by atoms with Crippen LogP contribution in [0.4, 0.5) is 13.2 Å². The molecule has 15 heteroatoms. The summed E-state index contributed by atoms with van der Waals surface area (Å²) in [6, 6.07) is 1.11. The molecule has 238 valence electrons. The van der Waals surface area contributed by atoms with E-state index < -0.39 is 66.4 Å². The Hall–Kier alpha value is -3.37. The predicted molar refractivity (Wildman–Crippen MR) is 154 cm³/mol. The van der Waals surface area contributed by atoms with Gasteiger partial charge >= 0.3 is 11.9 Å². The van der Waals surface area contributed by atoms with Gasteiger partial charge in [-0.15, -0.1) is 11.3 Å². The number of thiazole rings is 1. The summed E-state index contributed by atoms with van der Waals surface area (Å²) in [6.07, 6.45) is 0.0848. The fraction of sp³-hybridized carbons (Fsp3) is 0.517. The number of amidine groups is 1. The Bertz CT molecular complexity index is 1480. The number of hydrogen-bond donors (Lipinski definition) is 3. The number of aromatic nitrogens is 1. The van der Waals surface area contributed by atoms with Gasteiger partial charge in [-0.25, -0.2) is 22.9 Å². The van der Waals surface area contributed by atoms with Crippen molar-refractivity contribution in [1.29, 1.82) is 0 Å². The molecule has 5 rings (SSSR count). The molecule has 0 spiro atoms. The van der Waals surface area contributed by atoms with Crippen LogP contribution in [0.15, 0.2) is 46.0 Å². The summed E-state index contributed by atoms with van der Waals surface area (Å²) in [7, 11) is 0. The van der Waals surface area contributed by atoms with E-state index in [1.54, 1.807) is 31.5 Å². The van der Waals surface area contributed by atoms with Crippen LogP contribution in [0, 0.1) is 18.2 Å². The third kappa shape index (κ3) is 5.86. The number of ether oxygens (including phenoxy) is 1. The molecule has 1 aromatic carbocycles. The summed E-state index contributed by atoms with van der Waals surface area (Å²) >= 11 is 1.28. The number of carboxylic acids is 1. The average Bonchev–Trinajstić information content (AvgIpc) is 3.69. The van der Waals surface area contributed by atoms with E-state index in [-0.39, 0.29) is 36.6 Å². The first-order chi connectivity index (χ1) is 20.8. The minimum absolute atomic E-state index is 0.0395. The topological polar surface area (TPSA) is 137 Å². The number of carbonyl (C=O) groups excluding carboxylic acids is 1. The van der Waals surface area contributed by atoms with Gasteiger partial charge in [0, 0.05) is 23.8 Å². The number of rotatable bonds is 10. The summed E-state index contributed by atoms with van der Waals surface area (Å²) in [5, 5.41) is 26.4. The Labute approximate surface area is 255 Å². The summed E-state index contributed by atoms with van der Waals surface area (Å²) in [4.78, 5) is 41.2. The van der Waals surface area contributed by atoms with Crippen molar-refractivity contribution in [3.05, 3.63) is 63.0 Å². The number of aliphatic imine (C=N–C) groups is 1. The fourth-order valence-corrected chi connectivity index (χ4v) is 6.25. The van der Waals surface area contributed by atoms with Crippen molar-refractivity contribution in [1.82, 2.24) is 20.3 Å². The molecule has 2 aromatic rings. The van der Waals surface area contributed by atoms with E-state index in [0.717, 1.165) is 5.06 Å². The second kappa shape index (κ2) is 12.2. The molecule has 0 radical (unpaired) electrons. The van der Waals surface area contributed by atoms with Crippen molar-refractivity contribution in [2.24, 2.45) is 10.4 Å². The lowest BCUT2D eigenvalue weighted by Gasteiger charge is -2.32. The Morgan fingerprint density at radius 1 is 1.34 bits per heavy atom. The van der Waals surface area contributed by atoms with Gasteiger partial charge < -0.3 is 20.3 Å². The molecule has 4 atom stereocenters. The molecule has 3 N–H and O–H groups in total. The number of carbonyl (C=O) groups is 2. The summed E-state index contributed by atoms with van der Waals surface area (Å²) in [5.74, 6) is -5.50. The zero-order valence-corrected chi connectivity index (χ0v) is 25.4. The average molecular weight is 638 g/mol. The lowest BCUT2D eigenvalue weighted by Crippen LogP contribution is -2.51. The van der Waals surface area contributed by atoms with Gasteiger partial charge in [-0.2, -0.15) is 5.06 Å². The molecule has 1 aromatic heterocycles. The third-order valence-corrected chi connectivity index (χ3v) is 9.14. The van der Waals surface area contributed by atoms with Gasteiger partial charge in [-0.3, -0.25) is 19.5 Å². The quantitative estimate of drug-likeness (QED) is 0.334. The molecule has 0 unspecified atom stereocenters. The molecule has 0 bridgehead atoms. The molecule has 3 aliphatic heterocycles. The monoisotopic (exact) mass is 637 g/mol. The number of nitrogens with zero attached hydrogens (tertiary/aromatic N) is 4. The number of carboxylic acid groups (broad SMARTS) is 1. The van der Waals surface area contributed by atoms with Gasteiger partial charge in [0.25, 0.3) is 5.92 Å². The molecule has 44 heavy (non-hydrogen) atoms. The van der Waals surface area contributed by atoms with E-state index in [4.69, 9.17) is 14.6 Å². The number of halogens is 3. The van der Waals surface area contributed by atoms with E-state index in [0.29, 0.717) is 16.4 Å². The Balaban J connectivity index is 1.51. The molecule has 2 saturated heterocycles. The number of fused-ring (bicyclic) bond motifs is 1. The Morgan fingerprint density at radius 3 is 2.75 bits per heavy atom. The van der Waals surface area contributed by atoms with Crippen LogP contribution in [0.1, 0.15) is 42.9 Å². The first kappa shape index (κ1) is 32.0. The van der Waals surface area contributed by atoms with Crippen molar-refractivity contribution in [3.63, 3.8) is 0 Å². The molecule has 0 aliphatic carbocycles. The van der Waals surface area contributed by atoms with Gasteiger partial charge in [-0.05, 0) is 44.9 Å². The normalized spacial score (nSPS) is 24.5. The maximum Gasteiger partial charge on any atom is 0.338 e. The van der Waals surface area contributed by atoms with E-state index in [9.17, 15) is 24.2 Å². The maximum atomic E-state index is 15.6. The van der Waals surface area contributed by atoms with Gasteiger partial charge in [0.2, 0.25) is 0 Å². The van der Waals surface area contributed by atoms with Crippen LogP contribution in [0.2, 0.25) is 0 Å². The van der Waals surface area contributed by atoms with Crippen molar-refractivity contribution in [2.45, 2.75) is 57.8 Å². The number of β-amino-alcohol motifs (C(OH)–C–C–N with tert-alkyl or cyclic N) is 1. The highest BCUT2D eigenvalue weighted by Crippen LogP contribution is 2.42. The molecule has 4 heterocycles. The van der Waals surface area contributed by atoms with Crippen LogP contribution >= 0.6 is 11.3 Å². The standard InChI is InChI=1S/C29H34F3N5O6S/c1-5-42-26(39)21-18(34-24(25-33-9-10-44-25)35-22(21)16-7-6-8-17(30)15(16)2)11-36-14-29(31,32)23-19(36)13-43-37(23)12-20(38)28(3,4)27(40)41/h6-10,19-20,22-23,38H,5,11-14H2,1-4H3,(H,34,35)(H,40,41)/t19-,20+,22+,23+/m1/s1. The van der Waals surface area contributed by atoms with Crippen LogP contribution < -0.4 is 5.32 Å². The summed E-state index contributed by atoms with van der Waals surface area (Å²) in [6.45, 7) is 4.41. The smallest absolute Gasteiger partial charge is 0.338 e. The highest BCUT2D eigenvalue weighted by atomic mass is 32.1. The number of aliphatic carboxylic acids is 1. The van der Waals surface area contributed by atoms with Crippen LogP contribution in [0.5, 0.6) is 0 Å². The number of nitrogens with one attached hydrogen (secondary N) is 1. The minimum Gasteiger partial charge on any atom is -0.481 e. The zero-order valence-electron chi connectivity index (χ0n) is 24.6. The number of benzene rings is 1. The van der Waals surface area contributed by atoms with Crippen LogP contribution in [0.25, 0.3) is 0 Å². The number of hydroxylamine groups is 2. The van der Waals surface area contributed by atoms with Crippen LogP contribution in [0.3, 0.4) is 0 Å². The first-order valence-electron chi connectivity index (χ1n) is 14.1. The van der Waals surface area contributed by atoms with E-state index in [2.05, 4.69) is 10.3 Å². The molecule has 2 fully saturated rings. The second-order valence-corrected chi connectivity index (χ2v) is 12.4. The number of hydrogen-bond acceptors (Lipinski definition) is 11. The second-order valence-electron chi connectivity index (χ2n) is 11.5. The van der Waals surface area contributed by atoms with Crippen molar-refractivity contribution in [3.8, 4) is 0 Å². The first-order valence-corrected chi connectivity index (χ1v) is 15.0. The Kier molecular flexibility index (Phi) is 8.88. The number of alkyl halides is 2. The largest absolute Gasteiger partial charge is 0.481 e. The lowest BCUT2D eigenvalue weighted by molar-refractivity contribution is -0.202. The summed E-state index contributed by atoms with van der Waals surface area (Å²) in [5.41, 5.74) is -0.605. The van der Waals surface area contributed by atoms with Crippen LogP contribution in [-0.2, 0) is 19.2 Å². The fourth-order valence-electron chi connectivity index (χ4n) is 5.66. The molecular formula is C29H34F3N5O6S. The third-order valence-electron chi connectivity index (χ3n) is 8.36. The number of aliphatic hydroxyl groups excluding tert-OH is 1. The van der Waals surface area contributed by atoms with E-state index >= 15 is 8.78 Å². The molecule has 0 saturated carbocycles. The SMILES string of the molecule is CCOC(=O)C1=C(CN2CC(F)(F)[C@@H]3[C@H]2CON3C[C@H](O)C(C)(C)C(=O)O)NC(c2nccs2)=N[C@H]1c1cccc(F)c1C. The van der Waals surface area contributed by atoms with Crippen LogP contribution in [-0.4, -0.2) is 99.9 Å². The minimum atomic E-state index is -3.31. The van der Waals surface area contributed by atoms with E-state index in [1.807, 2.05) is 0 Å². The molecule has 3 aliphatic rings. The molecule has 11 nitrogen and oxygen atoms in total. The predicted octanol–water partition coefficient (Wildman–Crippen LogP) is 2.91. The molecular weight excluding hydrogens is 603 g/mol. The van der Waals surface area contributed by atoms with Gasteiger partial charge in [0.05, 0.1) is 49.4 Å². The Morgan fingerprint density at radius 2 is 2.09 bits per heavy atom. The maximum absolute atomic E-state index is 15.6. The van der Waals surface area contributed by atoms with Crippen molar-refractivity contribution in [2.75, 3.05) is 32.8 Å². The van der Waals surface area contributed by atoms with E-state index in [1.165, 1.54) is 42.2 Å². The van der Waals surface area contributed by atoms with Gasteiger partial charge in [0.1, 0.15) is 17.9 Å². The van der Waals surface area contributed by atoms with Gasteiger partial charge in [-0.1, -0.05) is 12.1 Å². The van der Waals surface area contributed by atoms with Crippen molar-refractivity contribution < 1.29 is 42.5 Å². The van der Waals surface area contributed by atoms with Crippen molar-refractivity contribution >= 4 is 29.1 Å². The highest BCUT2D eigenvalue weighted by molar-refractivity contribution is 7.11. The summed E-state index contributed by atoms with van der Waals surface area (Å²) < 4.78 is 51.3. The number of esters is 1. The van der Waals surface area contributed by atoms with Gasteiger partial charge in [0.15, 0.2) is 10.8 Å². The molecule has 0 amide bonds. The highest BCUT2D eigenvalue weighted by Gasteiger charge is 2.61. The zero-order chi connectivity index (χ0) is 32.0.